The van der Waals surface area contributed by atoms with Crippen LogP contribution in [-0.2, 0) is 23.5 Å². The third-order valence-corrected chi connectivity index (χ3v) is 3.96. The van der Waals surface area contributed by atoms with Gasteiger partial charge in [-0.3, -0.25) is 14.3 Å². The van der Waals surface area contributed by atoms with Crippen molar-refractivity contribution in [2.24, 2.45) is 0 Å². The topological polar surface area (TPSA) is 137 Å². The average molecular weight is 306 g/mol. The molecule has 1 unspecified atom stereocenters. The van der Waals surface area contributed by atoms with Gasteiger partial charge in [0.1, 0.15) is 12.2 Å². The lowest BCUT2D eigenvalue weighted by atomic mass is 10.1. The van der Waals surface area contributed by atoms with Crippen molar-refractivity contribution in [1.82, 2.24) is 9.55 Å². The molecular weight excluding hydrogens is 296 g/mol. The zero-order valence-corrected chi connectivity index (χ0v) is 10.6. The Morgan fingerprint density at radius 1 is 1.30 bits per heavy atom. The van der Waals surface area contributed by atoms with E-state index in [0.29, 0.717) is 0 Å². The molecule has 3 rings (SSSR count). The van der Waals surface area contributed by atoms with Crippen LogP contribution in [0.3, 0.4) is 0 Å². The van der Waals surface area contributed by atoms with Gasteiger partial charge in [0.25, 0.3) is 5.56 Å². The predicted molar refractivity (Wildman–Crippen MR) is 61.0 cm³/mol. The highest BCUT2D eigenvalue weighted by Crippen LogP contribution is 2.39. The Morgan fingerprint density at radius 2 is 2.00 bits per heavy atom. The van der Waals surface area contributed by atoms with Gasteiger partial charge in [0.05, 0.1) is 6.61 Å². The van der Waals surface area contributed by atoms with Crippen LogP contribution in [0.1, 0.15) is 6.23 Å². The first-order valence-electron chi connectivity index (χ1n) is 5.60. The first kappa shape index (κ1) is 13.5. The molecule has 0 spiro atoms. The molecule has 0 aliphatic carbocycles. The number of aromatic amines is 1. The molecule has 1 aromatic heterocycles. The van der Waals surface area contributed by atoms with Crippen LogP contribution in [0, 0.1) is 0 Å². The average Bonchev–Trinajstić information content (AvgIpc) is 2.83. The largest absolute Gasteiger partial charge is 0.400 e. The second kappa shape index (κ2) is 4.49. The second-order valence-electron chi connectivity index (χ2n) is 4.30. The van der Waals surface area contributed by atoms with E-state index in [1.165, 1.54) is 0 Å². The highest BCUT2D eigenvalue weighted by molar-refractivity contribution is 7.82. The normalized spacial score (nSPS) is 35.0. The number of nitrogens with zero attached hydrogens (tertiary/aromatic N) is 1. The van der Waals surface area contributed by atoms with Crippen molar-refractivity contribution in [1.29, 1.82) is 0 Å². The summed E-state index contributed by atoms with van der Waals surface area (Å²) < 4.78 is 38.3. The molecule has 0 bridgehead atoms. The molecule has 0 radical (unpaired) electrons. The zero-order chi connectivity index (χ0) is 14.5. The van der Waals surface area contributed by atoms with Crippen LogP contribution in [0.5, 0.6) is 0 Å². The number of H-pyrrole nitrogens is 1. The summed E-state index contributed by atoms with van der Waals surface area (Å²) in [7, 11) is -4.19. The minimum absolute atomic E-state index is 0.505. The Labute approximate surface area is 111 Å². The summed E-state index contributed by atoms with van der Waals surface area (Å²) in [6, 6.07) is 1.08. The minimum Gasteiger partial charge on any atom is -0.394 e. The fourth-order valence-corrected chi connectivity index (χ4v) is 3.25. The van der Waals surface area contributed by atoms with Crippen molar-refractivity contribution in [2.45, 2.75) is 24.5 Å². The van der Waals surface area contributed by atoms with Crippen molar-refractivity contribution in [3.8, 4) is 0 Å². The van der Waals surface area contributed by atoms with E-state index in [1.807, 2.05) is 4.98 Å². The number of ether oxygens (including phenoxy) is 1. The Morgan fingerprint density at radius 3 is 2.65 bits per heavy atom. The smallest absolute Gasteiger partial charge is 0.394 e. The fraction of sp³-hybridized carbons (Fsp3) is 0.556. The van der Waals surface area contributed by atoms with Crippen LogP contribution in [0.2, 0.25) is 0 Å². The van der Waals surface area contributed by atoms with Crippen LogP contribution in [0.15, 0.2) is 21.9 Å². The molecule has 20 heavy (non-hydrogen) atoms. The summed E-state index contributed by atoms with van der Waals surface area (Å²) in [6.45, 7) is -0.505. The van der Waals surface area contributed by atoms with E-state index in [2.05, 4.69) is 4.18 Å². The molecule has 2 aliphatic heterocycles. The van der Waals surface area contributed by atoms with Crippen LogP contribution >= 0.6 is 0 Å². The Bertz CT molecular complexity index is 737. The van der Waals surface area contributed by atoms with Crippen LogP contribution in [-0.4, -0.2) is 48.0 Å². The molecular formula is C9H10N2O8S. The summed E-state index contributed by atoms with van der Waals surface area (Å²) in [5.41, 5.74) is -1.39. The number of hydrogen-bond donors (Lipinski definition) is 2. The summed E-state index contributed by atoms with van der Waals surface area (Å²) in [5.74, 6) is 0. The maximum absolute atomic E-state index is 11.7. The van der Waals surface area contributed by atoms with E-state index in [9.17, 15) is 18.0 Å². The maximum atomic E-state index is 11.7. The molecule has 2 aliphatic rings. The number of aromatic nitrogens is 2. The highest BCUT2D eigenvalue weighted by atomic mass is 32.3. The summed E-state index contributed by atoms with van der Waals surface area (Å²) >= 11 is 0. The third kappa shape index (κ3) is 2.09. The molecule has 11 heteroatoms. The van der Waals surface area contributed by atoms with Gasteiger partial charge in [-0.1, -0.05) is 0 Å². The number of fused-ring (bicyclic) bond motifs is 1. The number of aliphatic hydroxyl groups excluding tert-OH is 1. The van der Waals surface area contributed by atoms with Crippen LogP contribution < -0.4 is 11.2 Å². The monoisotopic (exact) mass is 306 g/mol. The first-order chi connectivity index (χ1) is 9.41. The lowest BCUT2D eigenvalue weighted by molar-refractivity contribution is -0.0579. The molecule has 4 atom stereocenters. The number of rotatable bonds is 2. The quantitative estimate of drug-likeness (QED) is 0.609. The Kier molecular flexibility index (Phi) is 3.02. The lowest BCUT2D eigenvalue weighted by Gasteiger charge is -2.17. The van der Waals surface area contributed by atoms with Gasteiger partial charge in [-0.15, -0.1) is 0 Å². The number of aliphatic hydroxyl groups is 1. The van der Waals surface area contributed by atoms with Gasteiger partial charge >= 0.3 is 16.1 Å². The van der Waals surface area contributed by atoms with Crippen molar-refractivity contribution in [3.63, 3.8) is 0 Å². The van der Waals surface area contributed by atoms with Crippen LogP contribution in [0.4, 0.5) is 0 Å². The van der Waals surface area contributed by atoms with Gasteiger partial charge in [-0.25, -0.2) is 13.2 Å². The van der Waals surface area contributed by atoms with E-state index < -0.39 is 52.8 Å². The molecule has 2 saturated heterocycles. The van der Waals surface area contributed by atoms with E-state index in [0.717, 1.165) is 16.8 Å². The van der Waals surface area contributed by atoms with Crippen LogP contribution in [0.25, 0.3) is 0 Å². The lowest BCUT2D eigenvalue weighted by Crippen LogP contribution is -2.36. The van der Waals surface area contributed by atoms with Gasteiger partial charge in [0.2, 0.25) is 0 Å². The van der Waals surface area contributed by atoms with Gasteiger partial charge in [-0.2, -0.15) is 8.42 Å². The first-order valence-corrected chi connectivity index (χ1v) is 6.94. The SMILES string of the molecule is O=c1ccn([C@@H]2O[C@H](CO)[C@@H]3OS(=O)(=O)OC32)c(=O)[nH]1. The van der Waals surface area contributed by atoms with Crippen molar-refractivity contribution < 1.29 is 26.6 Å². The molecule has 2 fully saturated rings. The van der Waals surface area contributed by atoms with Crippen molar-refractivity contribution >= 4 is 10.4 Å². The van der Waals surface area contributed by atoms with Gasteiger partial charge in [0.15, 0.2) is 12.3 Å². The molecule has 0 amide bonds. The standard InChI is InChI=1S/C9H10N2O8S/c12-3-4-6-7(19-20(15,16)18-6)8(17-4)11-2-1-5(13)10-9(11)14/h1-2,4,6-8,12H,3H2,(H,10,13,14)/t4-,6+,7?,8-/m1/s1. The van der Waals surface area contributed by atoms with Gasteiger partial charge in [0, 0.05) is 12.3 Å². The summed E-state index contributed by atoms with van der Waals surface area (Å²) in [5, 5.41) is 9.16. The third-order valence-electron chi connectivity index (χ3n) is 3.05. The van der Waals surface area contributed by atoms with E-state index in [-0.39, 0.29) is 0 Å². The molecule has 1 aromatic rings. The van der Waals surface area contributed by atoms with Gasteiger partial charge < -0.3 is 9.84 Å². The van der Waals surface area contributed by atoms with E-state index in [1.54, 1.807) is 0 Å². The highest BCUT2D eigenvalue weighted by Gasteiger charge is 2.56. The predicted octanol–water partition coefficient (Wildman–Crippen LogP) is -2.54. The maximum Gasteiger partial charge on any atom is 0.400 e. The Balaban J connectivity index is 2.02. The molecule has 3 heterocycles. The van der Waals surface area contributed by atoms with E-state index in [4.69, 9.17) is 14.0 Å². The summed E-state index contributed by atoms with van der Waals surface area (Å²) in [4.78, 5) is 24.7. The zero-order valence-electron chi connectivity index (χ0n) is 9.83. The van der Waals surface area contributed by atoms with Crippen molar-refractivity contribution in [3.05, 3.63) is 33.1 Å². The molecule has 2 N–H and O–H groups in total. The fourth-order valence-electron chi connectivity index (χ4n) is 2.22. The number of nitrogens with one attached hydrogen (secondary N) is 1. The summed E-state index contributed by atoms with van der Waals surface area (Å²) in [6.07, 6.45) is -3.09. The molecule has 0 saturated carbocycles. The minimum atomic E-state index is -4.19. The number of hydrogen-bond acceptors (Lipinski definition) is 8. The van der Waals surface area contributed by atoms with E-state index >= 15 is 0 Å². The second-order valence-corrected chi connectivity index (χ2v) is 5.50. The molecule has 0 aromatic carbocycles. The molecule has 110 valence electrons. The van der Waals surface area contributed by atoms with Gasteiger partial charge in [-0.05, 0) is 0 Å². The van der Waals surface area contributed by atoms with Crippen molar-refractivity contribution in [2.75, 3.05) is 6.61 Å². The Hall–Kier alpha value is -1.53. The molecule has 10 nitrogen and oxygen atoms in total.